The molecule has 0 radical (unpaired) electrons. The molecule has 4 aromatic rings. The number of aromatic amines is 1. The number of carbonyl (C=O) groups excluding carboxylic acids is 3. The lowest BCUT2D eigenvalue weighted by molar-refractivity contribution is -0.135. The molecule has 0 spiro atoms. The molecular formula is C40H48FN9O3. The Balaban J connectivity index is 0.910. The summed E-state index contributed by atoms with van der Waals surface area (Å²) in [4.78, 5) is 47.5. The van der Waals surface area contributed by atoms with Gasteiger partial charge in [-0.05, 0) is 117 Å². The van der Waals surface area contributed by atoms with Crippen molar-refractivity contribution in [2.45, 2.75) is 76.3 Å². The highest BCUT2D eigenvalue weighted by molar-refractivity contribution is 6.04. The van der Waals surface area contributed by atoms with Crippen LogP contribution in [0.25, 0.3) is 17.0 Å². The number of fused-ring (bicyclic) bond motifs is 2. The average molecular weight is 722 g/mol. The third-order valence-corrected chi connectivity index (χ3v) is 12.1. The zero-order chi connectivity index (χ0) is 36.6. The van der Waals surface area contributed by atoms with Crippen LogP contribution in [0.15, 0.2) is 48.4 Å². The maximum absolute atomic E-state index is 14.3. The monoisotopic (exact) mass is 721 g/mol. The van der Waals surface area contributed by atoms with Crippen LogP contribution in [0.3, 0.4) is 0 Å². The van der Waals surface area contributed by atoms with Gasteiger partial charge in [-0.1, -0.05) is 12.1 Å². The van der Waals surface area contributed by atoms with Crippen molar-refractivity contribution in [1.82, 2.24) is 45.0 Å². The number of hydrogen-bond acceptors (Lipinski definition) is 7. The molecule has 3 amide bonds. The van der Waals surface area contributed by atoms with Gasteiger partial charge in [-0.2, -0.15) is 5.10 Å². The molecule has 8 rings (SSSR count). The molecule has 3 saturated heterocycles. The molecule has 1 atom stereocenters. The Bertz CT molecular complexity index is 2030. The number of allylic oxidation sites excluding steroid dienone is 1. The third-order valence-electron chi connectivity index (χ3n) is 12.1. The lowest BCUT2D eigenvalue weighted by Gasteiger charge is -2.42. The molecule has 278 valence electrons. The van der Waals surface area contributed by atoms with Crippen LogP contribution in [0.2, 0.25) is 0 Å². The van der Waals surface area contributed by atoms with Gasteiger partial charge in [-0.15, -0.1) is 10.2 Å². The van der Waals surface area contributed by atoms with Crippen molar-refractivity contribution in [3.05, 3.63) is 82.3 Å². The number of rotatable bonds is 7. The maximum Gasteiger partial charge on any atom is 0.318 e. The highest BCUT2D eigenvalue weighted by Crippen LogP contribution is 2.33. The molecule has 3 fully saturated rings. The van der Waals surface area contributed by atoms with E-state index in [9.17, 15) is 18.8 Å². The molecule has 1 aliphatic carbocycles. The van der Waals surface area contributed by atoms with Crippen molar-refractivity contribution in [2.75, 3.05) is 39.3 Å². The lowest BCUT2D eigenvalue weighted by atomic mass is 9.80. The molecule has 2 aromatic carbocycles. The van der Waals surface area contributed by atoms with Crippen LogP contribution < -0.4 is 5.32 Å². The van der Waals surface area contributed by atoms with Crippen molar-refractivity contribution < 1.29 is 18.8 Å². The predicted molar refractivity (Wildman–Crippen MR) is 198 cm³/mol. The predicted octanol–water partition coefficient (Wildman–Crippen LogP) is 4.55. The molecule has 0 saturated carbocycles. The number of hydrogen-bond donors (Lipinski definition) is 2. The summed E-state index contributed by atoms with van der Waals surface area (Å²) in [5.41, 5.74) is 5.35. The third kappa shape index (κ3) is 7.36. The lowest BCUT2D eigenvalue weighted by Crippen LogP contribution is -2.56. The standard InChI is InChI=1S/C40H48FN9O3/c1-25-17-26(18-31-23-42-45-37(25)31)19-35(39(52)49-15-9-33(10-16-49)48-11-7-28(8-12-48)38-46-43-24-47(38)2)44-40(53)50-13-5-27(6-14-50)34-21-29-3-4-32(41)20-30(29)22-36(34)51/h3-4,17-18,20-21,23-24,27-28,33,35H,5-16,19,22H2,1-2H3,(H,42,45)(H,44,53)/t35-/m1/s1. The van der Waals surface area contributed by atoms with E-state index in [2.05, 4.69) is 36.7 Å². The SMILES string of the molecule is Cc1cc(C[C@@H](NC(=O)N2CCC(C3=Cc4ccc(F)cc4CC3=O)CC2)C(=O)N2CCC(N3CCC(c4nncn4C)CC3)CC2)cc2cn[nH]c12. The Morgan fingerprint density at radius 1 is 0.962 bits per heavy atom. The van der Waals surface area contributed by atoms with Crippen LogP contribution in [-0.4, -0.2) is 109 Å². The van der Waals surface area contributed by atoms with Gasteiger partial charge in [0.05, 0.1) is 11.7 Å². The van der Waals surface area contributed by atoms with E-state index in [4.69, 9.17) is 0 Å². The highest BCUT2D eigenvalue weighted by atomic mass is 19.1. The van der Waals surface area contributed by atoms with E-state index in [1.165, 1.54) is 12.1 Å². The number of aryl methyl sites for hydroxylation is 2. The summed E-state index contributed by atoms with van der Waals surface area (Å²) in [5.74, 6) is 1.16. The largest absolute Gasteiger partial charge is 0.341 e. The molecule has 3 aliphatic heterocycles. The van der Waals surface area contributed by atoms with Crippen molar-refractivity contribution >= 4 is 34.7 Å². The fourth-order valence-corrected chi connectivity index (χ4v) is 9.09. The smallest absolute Gasteiger partial charge is 0.318 e. The highest BCUT2D eigenvalue weighted by Gasteiger charge is 2.36. The minimum atomic E-state index is -0.720. The number of halogens is 1. The second-order valence-corrected chi connectivity index (χ2v) is 15.4. The number of aromatic nitrogens is 5. The van der Waals surface area contributed by atoms with Crippen molar-refractivity contribution in [3.8, 4) is 0 Å². The van der Waals surface area contributed by atoms with Crippen LogP contribution in [0, 0.1) is 18.7 Å². The van der Waals surface area contributed by atoms with Gasteiger partial charge < -0.3 is 24.6 Å². The van der Waals surface area contributed by atoms with Gasteiger partial charge >= 0.3 is 6.03 Å². The Morgan fingerprint density at radius 3 is 2.43 bits per heavy atom. The summed E-state index contributed by atoms with van der Waals surface area (Å²) in [6.07, 6.45) is 11.3. The summed E-state index contributed by atoms with van der Waals surface area (Å²) >= 11 is 0. The number of benzene rings is 2. The van der Waals surface area contributed by atoms with Gasteiger partial charge in [0, 0.05) is 63.4 Å². The minimum Gasteiger partial charge on any atom is -0.341 e. The zero-order valence-corrected chi connectivity index (χ0v) is 30.6. The van der Waals surface area contributed by atoms with Crippen LogP contribution >= 0.6 is 0 Å². The second kappa shape index (κ2) is 14.8. The first kappa shape index (κ1) is 35.1. The van der Waals surface area contributed by atoms with E-state index in [1.54, 1.807) is 23.5 Å². The van der Waals surface area contributed by atoms with Crippen LogP contribution in [0.1, 0.15) is 72.5 Å². The fourth-order valence-electron chi connectivity index (χ4n) is 9.09. The number of H-pyrrole nitrogens is 1. The number of Topliss-reactive ketones (excluding diaryl/α,β-unsaturated/α-hetero) is 1. The van der Waals surface area contributed by atoms with Crippen molar-refractivity contribution in [2.24, 2.45) is 13.0 Å². The van der Waals surface area contributed by atoms with Gasteiger partial charge in [-0.25, -0.2) is 9.18 Å². The van der Waals surface area contributed by atoms with Gasteiger partial charge in [0.2, 0.25) is 5.91 Å². The molecule has 13 heteroatoms. The topological polar surface area (TPSA) is 132 Å². The van der Waals surface area contributed by atoms with E-state index in [-0.39, 0.29) is 35.9 Å². The van der Waals surface area contributed by atoms with E-state index < -0.39 is 6.04 Å². The fraction of sp³-hybridized carbons (Fsp3) is 0.500. The van der Waals surface area contributed by atoms with Gasteiger partial charge in [0.1, 0.15) is 24.0 Å². The number of urea groups is 1. The molecular weight excluding hydrogens is 673 g/mol. The summed E-state index contributed by atoms with van der Waals surface area (Å²) in [5, 5.41) is 19.8. The number of ketones is 1. The van der Waals surface area contributed by atoms with Gasteiger partial charge in [0.25, 0.3) is 0 Å². The molecule has 2 N–H and O–H groups in total. The van der Waals surface area contributed by atoms with E-state index in [1.807, 2.05) is 35.6 Å². The quantitative estimate of drug-likeness (QED) is 0.286. The normalized spacial score (nSPS) is 20.1. The summed E-state index contributed by atoms with van der Waals surface area (Å²) in [6.45, 7) is 6.33. The number of nitrogens with one attached hydrogen (secondary N) is 2. The molecule has 53 heavy (non-hydrogen) atoms. The van der Waals surface area contributed by atoms with Crippen molar-refractivity contribution in [3.63, 3.8) is 0 Å². The number of likely N-dealkylation sites (tertiary alicyclic amines) is 3. The van der Waals surface area contributed by atoms with E-state index in [0.717, 1.165) is 83.3 Å². The summed E-state index contributed by atoms with van der Waals surface area (Å²) in [7, 11) is 2.01. The number of nitrogens with zero attached hydrogens (tertiary/aromatic N) is 7. The van der Waals surface area contributed by atoms with Crippen molar-refractivity contribution in [1.29, 1.82) is 0 Å². The molecule has 0 bridgehead atoms. The molecule has 0 unspecified atom stereocenters. The number of amides is 3. The first-order valence-corrected chi connectivity index (χ1v) is 19.1. The number of piperidine rings is 3. The Morgan fingerprint density at radius 2 is 1.70 bits per heavy atom. The summed E-state index contributed by atoms with van der Waals surface area (Å²) < 4.78 is 15.8. The van der Waals surface area contributed by atoms with Gasteiger partial charge in [0.15, 0.2) is 5.78 Å². The first-order valence-electron chi connectivity index (χ1n) is 19.1. The van der Waals surface area contributed by atoms with Crippen LogP contribution in [0.4, 0.5) is 9.18 Å². The van der Waals surface area contributed by atoms with Crippen LogP contribution in [0.5, 0.6) is 0 Å². The maximum atomic E-state index is 14.3. The summed E-state index contributed by atoms with van der Waals surface area (Å²) in [6, 6.07) is 8.16. The zero-order valence-electron chi connectivity index (χ0n) is 30.6. The number of carbonyl (C=O) groups is 3. The van der Waals surface area contributed by atoms with Crippen LogP contribution in [-0.2, 0) is 29.5 Å². The Hall–Kier alpha value is -4.91. The average Bonchev–Trinajstić information content (AvgIpc) is 3.83. The van der Waals surface area contributed by atoms with E-state index in [0.29, 0.717) is 57.4 Å². The molecule has 12 nitrogen and oxygen atoms in total. The first-order chi connectivity index (χ1) is 25.7. The Labute approximate surface area is 308 Å². The molecule has 4 aliphatic rings. The molecule has 5 heterocycles. The minimum absolute atomic E-state index is 0.0248. The van der Waals surface area contributed by atoms with E-state index >= 15 is 0 Å². The molecule has 2 aromatic heterocycles. The Kier molecular flexibility index (Phi) is 9.84. The van der Waals surface area contributed by atoms with Gasteiger partial charge in [-0.3, -0.25) is 14.7 Å². The second-order valence-electron chi connectivity index (χ2n) is 15.4.